The zero-order valence-electron chi connectivity index (χ0n) is 23.1. The molecule has 36 heavy (non-hydrogen) atoms. The van der Waals surface area contributed by atoms with Crippen molar-refractivity contribution in [2.24, 2.45) is 0 Å². The molecule has 2 unspecified atom stereocenters. The van der Waals surface area contributed by atoms with E-state index >= 15 is 0 Å². The van der Waals surface area contributed by atoms with Crippen molar-refractivity contribution in [2.75, 3.05) is 13.1 Å². The summed E-state index contributed by atoms with van der Waals surface area (Å²) in [5.74, 6) is 0.358. The highest BCUT2D eigenvalue weighted by Gasteiger charge is 2.14. The van der Waals surface area contributed by atoms with Crippen molar-refractivity contribution in [2.45, 2.75) is 135 Å². The molecule has 0 bridgehead atoms. The van der Waals surface area contributed by atoms with Crippen LogP contribution in [0.3, 0.4) is 0 Å². The van der Waals surface area contributed by atoms with E-state index in [1.165, 1.54) is 31.2 Å². The Morgan fingerprint density at radius 3 is 1.58 bits per heavy atom. The van der Waals surface area contributed by atoms with Crippen molar-refractivity contribution < 1.29 is 19.8 Å². The van der Waals surface area contributed by atoms with Crippen molar-refractivity contribution >= 4 is 11.6 Å². The molecule has 1 rings (SSSR count). The van der Waals surface area contributed by atoms with E-state index in [2.05, 4.69) is 30.9 Å². The van der Waals surface area contributed by atoms with Gasteiger partial charge in [-0.05, 0) is 31.2 Å². The van der Waals surface area contributed by atoms with Crippen LogP contribution in [-0.2, 0) is 16.1 Å². The number of nitrogens with zero attached hydrogens (tertiary/aromatic N) is 1. The van der Waals surface area contributed by atoms with Gasteiger partial charge in [-0.15, -0.1) is 0 Å². The Balaban J connectivity index is 2.40. The molecular weight excluding hydrogens is 450 g/mol. The van der Waals surface area contributed by atoms with Gasteiger partial charge in [0.1, 0.15) is 11.6 Å². The number of benzene rings is 1. The molecule has 206 valence electrons. The predicted molar refractivity (Wildman–Crippen MR) is 149 cm³/mol. The first kappa shape index (κ1) is 32.5. The van der Waals surface area contributed by atoms with E-state index in [0.717, 1.165) is 38.5 Å². The van der Waals surface area contributed by atoms with Gasteiger partial charge in [0.25, 0.3) is 0 Å². The lowest BCUT2D eigenvalue weighted by molar-refractivity contribution is -0.120. The smallest absolute Gasteiger partial charge is 0.134 e. The number of carbonyl (C=O) groups excluding carboxylic acids is 2. The summed E-state index contributed by atoms with van der Waals surface area (Å²) in [5, 5.41) is 20.3. The summed E-state index contributed by atoms with van der Waals surface area (Å²) < 4.78 is 0. The first-order valence-corrected chi connectivity index (χ1v) is 14.6. The van der Waals surface area contributed by atoms with E-state index in [0.29, 0.717) is 58.2 Å². The Kier molecular flexibility index (Phi) is 19.4. The molecule has 0 fully saturated rings. The van der Waals surface area contributed by atoms with E-state index in [-0.39, 0.29) is 23.8 Å². The lowest BCUT2D eigenvalue weighted by atomic mass is 10.0. The largest absolute Gasteiger partial charge is 0.393 e. The fourth-order valence-electron chi connectivity index (χ4n) is 4.48. The molecule has 1 aromatic rings. The number of aliphatic hydroxyl groups excluding tert-OH is 2. The Morgan fingerprint density at radius 1 is 0.667 bits per heavy atom. The zero-order chi connectivity index (χ0) is 26.4. The molecular formula is C31H53NO4. The number of ketones is 2. The van der Waals surface area contributed by atoms with Crippen LogP contribution < -0.4 is 0 Å². The van der Waals surface area contributed by atoms with Crippen molar-refractivity contribution in [3.63, 3.8) is 0 Å². The molecule has 0 saturated carbocycles. The summed E-state index contributed by atoms with van der Waals surface area (Å²) in [6.07, 6.45) is 12.7. The fourth-order valence-corrected chi connectivity index (χ4v) is 4.48. The van der Waals surface area contributed by atoms with Gasteiger partial charge in [0, 0.05) is 45.3 Å². The standard InChI is InChI=1S/C31H53NO4/c1-3-5-7-12-16-28(33)18-20-30(35)22-24-32(26-27-14-10-9-11-15-27)25-23-31(36)21-19-29(34)17-13-8-6-4-2/h9-11,14-15,28-29,33-34H,3-8,12-13,16-26H2,1-2H3. The second-order valence-electron chi connectivity index (χ2n) is 10.4. The number of Topliss-reactive ketones (excluding diaryl/α,β-unsaturated/α-hetero) is 2. The molecule has 5 nitrogen and oxygen atoms in total. The predicted octanol–water partition coefficient (Wildman–Crippen LogP) is 6.63. The number of hydrogen-bond donors (Lipinski definition) is 2. The normalized spacial score (nSPS) is 13.1. The molecule has 0 spiro atoms. The molecule has 0 aliphatic rings. The van der Waals surface area contributed by atoms with Gasteiger partial charge >= 0.3 is 0 Å². The van der Waals surface area contributed by atoms with Crippen molar-refractivity contribution in [1.29, 1.82) is 0 Å². The van der Waals surface area contributed by atoms with E-state index < -0.39 is 0 Å². The van der Waals surface area contributed by atoms with E-state index in [1.54, 1.807) is 0 Å². The fraction of sp³-hybridized carbons (Fsp3) is 0.742. The minimum absolute atomic E-state index is 0.179. The molecule has 2 N–H and O–H groups in total. The van der Waals surface area contributed by atoms with Crippen molar-refractivity contribution in [3.8, 4) is 0 Å². The van der Waals surface area contributed by atoms with Crippen LogP contribution in [0, 0.1) is 0 Å². The second-order valence-corrected chi connectivity index (χ2v) is 10.4. The average Bonchev–Trinajstić information content (AvgIpc) is 2.88. The van der Waals surface area contributed by atoms with Crippen LogP contribution in [0.1, 0.15) is 122 Å². The minimum Gasteiger partial charge on any atom is -0.393 e. The number of hydrogen-bond acceptors (Lipinski definition) is 5. The molecule has 0 amide bonds. The van der Waals surface area contributed by atoms with Crippen LogP contribution in [0.15, 0.2) is 30.3 Å². The Hall–Kier alpha value is -1.56. The average molecular weight is 504 g/mol. The zero-order valence-corrected chi connectivity index (χ0v) is 23.1. The summed E-state index contributed by atoms with van der Waals surface area (Å²) >= 11 is 0. The van der Waals surface area contributed by atoms with Crippen LogP contribution in [0.25, 0.3) is 0 Å². The van der Waals surface area contributed by atoms with E-state index in [1.807, 2.05) is 18.2 Å². The molecule has 0 aliphatic heterocycles. The first-order valence-electron chi connectivity index (χ1n) is 14.6. The van der Waals surface area contributed by atoms with Gasteiger partial charge in [-0.1, -0.05) is 95.5 Å². The van der Waals surface area contributed by atoms with Crippen LogP contribution >= 0.6 is 0 Å². The van der Waals surface area contributed by atoms with Gasteiger partial charge in [-0.2, -0.15) is 0 Å². The highest BCUT2D eigenvalue weighted by molar-refractivity contribution is 5.79. The molecule has 5 heteroatoms. The third-order valence-corrected chi connectivity index (χ3v) is 6.96. The third-order valence-electron chi connectivity index (χ3n) is 6.96. The maximum Gasteiger partial charge on any atom is 0.134 e. The number of aliphatic hydroxyl groups is 2. The summed E-state index contributed by atoms with van der Waals surface area (Å²) in [6, 6.07) is 10.1. The topological polar surface area (TPSA) is 77.8 Å². The van der Waals surface area contributed by atoms with Crippen LogP contribution in [-0.4, -0.2) is 52.0 Å². The highest BCUT2D eigenvalue weighted by Crippen LogP contribution is 2.13. The van der Waals surface area contributed by atoms with E-state index in [4.69, 9.17) is 0 Å². The lowest BCUT2D eigenvalue weighted by Crippen LogP contribution is -2.29. The van der Waals surface area contributed by atoms with Gasteiger partial charge in [0.15, 0.2) is 0 Å². The maximum atomic E-state index is 12.5. The monoisotopic (exact) mass is 503 g/mol. The van der Waals surface area contributed by atoms with Gasteiger partial charge in [-0.25, -0.2) is 0 Å². The summed E-state index contributed by atoms with van der Waals surface area (Å²) in [5.41, 5.74) is 1.17. The molecule has 0 heterocycles. The van der Waals surface area contributed by atoms with Crippen LogP contribution in [0.5, 0.6) is 0 Å². The Bertz CT molecular complexity index is 640. The van der Waals surface area contributed by atoms with E-state index in [9.17, 15) is 19.8 Å². The van der Waals surface area contributed by atoms with Gasteiger partial charge < -0.3 is 10.2 Å². The third kappa shape index (κ3) is 17.8. The van der Waals surface area contributed by atoms with Gasteiger partial charge in [0.05, 0.1) is 12.2 Å². The van der Waals surface area contributed by atoms with Gasteiger partial charge in [0.2, 0.25) is 0 Å². The number of carbonyl (C=O) groups is 2. The molecule has 1 aromatic carbocycles. The highest BCUT2D eigenvalue weighted by atomic mass is 16.3. The van der Waals surface area contributed by atoms with Gasteiger partial charge in [-0.3, -0.25) is 14.5 Å². The Labute approximate surface area is 220 Å². The number of rotatable bonds is 24. The van der Waals surface area contributed by atoms with Crippen molar-refractivity contribution in [3.05, 3.63) is 35.9 Å². The minimum atomic E-state index is -0.383. The maximum absolute atomic E-state index is 12.5. The summed E-state index contributed by atoms with van der Waals surface area (Å²) in [7, 11) is 0. The first-order chi connectivity index (χ1) is 17.4. The van der Waals surface area contributed by atoms with Crippen molar-refractivity contribution in [1.82, 2.24) is 4.90 Å². The molecule has 0 aromatic heterocycles. The molecule has 2 atom stereocenters. The quantitative estimate of drug-likeness (QED) is 0.155. The summed E-state index contributed by atoms with van der Waals surface area (Å²) in [4.78, 5) is 27.2. The lowest BCUT2D eigenvalue weighted by Gasteiger charge is -2.22. The number of unbranched alkanes of at least 4 members (excludes halogenated alkanes) is 6. The molecule has 0 saturated heterocycles. The summed E-state index contributed by atoms with van der Waals surface area (Å²) in [6.45, 7) is 6.29. The Morgan fingerprint density at radius 2 is 1.14 bits per heavy atom. The van der Waals surface area contributed by atoms with Crippen LogP contribution in [0.4, 0.5) is 0 Å². The van der Waals surface area contributed by atoms with Crippen LogP contribution in [0.2, 0.25) is 0 Å². The molecule has 0 aliphatic carbocycles. The SMILES string of the molecule is CCCCCCC(O)CCC(=O)CCN(CCC(=O)CCC(O)CCCCCC)Cc1ccccc1. The second kappa shape index (κ2) is 21.5. The molecule has 0 radical (unpaired) electrons.